The minimum atomic E-state index is -0.923. The fourth-order valence-corrected chi connectivity index (χ4v) is 3.64. The predicted octanol–water partition coefficient (Wildman–Crippen LogP) is 4.23. The molecule has 1 unspecified atom stereocenters. The Labute approximate surface area is 179 Å². The molecule has 1 atom stereocenters. The number of anilines is 1. The molecule has 7 nitrogen and oxygen atoms in total. The van der Waals surface area contributed by atoms with Crippen LogP contribution in [0.5, 0.6) is 11.5 Å². The van der Waals surface area contributed by atoms with Gasteiger partial charge in [-0.1, -0.05) is 12.1 Å². The number of amides is 1. The summed E-state index contributed by atoms with van der Waals surface area (Å²) in [4.78, 5) is 27.4. The summed E-state index contributed by atoms with van der Waals surface area (Å²) in [6, 6.07) is 15.9. The van der Waals surface area contributed by atoms with E-state index in [1.807, 2.05) is 0 Å². The Morgan fingerprint density at radius 2 is 1.68 bits per heavy atom. The van der Waals surface area contributed by atoms with Crippen LogP contribution in [-0.2, 0) is 9.59 Å². The van der Waals surface area contributed by atoms with Gasteiger partial charge in [0.15, 0.2) is 0 Å². The third-order valence-corrected chi connectivity index (χ3v) is 5.17. The zero-order valence-corrected chi connectivity index (χ0v) is 17.3. The van der Waals surface area contributed by atoms with Crippen LogP contribution in [0.4, 0.5) is 5.69 Å². The molecule has 0 saturated carbocycles. The molecule has 1 aliphatic rings. The van der Waals surface area contributed by atoms with E-state index in [4.69, 9.17) is 13.9 Å². The fraction of sp³-hybridized carbons (Fsp3) is 0.167. The molecule has 1 fully saturated rings. The van der Waals surface area contributed by atoms with Gasteiger partial charge in [-0.25, -0.2) is 0 Å². The van der Waals surface area contributed by atoms with E-state index in [2.05, 4.69) is 0 Å². The lowest BCUT2D eigenvalue weighted by atomic mass is 9.99. The molecule has 7 heteroatoms. The standard InChI is InChI=1S/C24H21NO6/c1-14-7-12-19(31-14)21-20(22(26)15-5-4-6-18(13-15)30-3)23(27)24(28)25(21)16-8-10-17(29-2)11-9-16/h4-13,21,26H,1-3H3/b22-20-. The number of aliphatic hydroxyl groups excluding tert-OH is 1. The van der Waals surface area contributed by atoms with Gasteiger partial charge >= 0.3 is 0 Å². The van der Waals surface area contributed by atoms with Gasteiger partial charge in [-0.2, -0.15) is 0 Å². The number of methoxy groups -OCH3 is 2. The number of aryl methyl sites for hydroxylation is 1. The van der Waals surface area contributed by atoms with E-state index in [0.29, 0.717) is 34.3 Å². The van der Waals surface area contributed by atoms with E-state index < -0.39 is 17.7 Å². The van der Waals surface area contributed by atoms with Crippen LogP contribution in [0.1, 0.15) is 23.1 Å². The van der Waals surface area contributed by atoms with Gasteiger partial charge in [-0.3, -0.25) is 14.5 Å². The number of benzene rings is 2. The number of furan rings is 1. The second-order valence-electron chi connectivity index (χ2n) is 7.05. The van der Waals surface area contributed by atoms with Crippen molar-refractivity contribution in [2.75, 3.05) is 19.1 Å². The van der Waals surface area contributed by atoms with Crippen molar-refractivity contribution in [3.8, 4) is 11.5 Å². The molecule has 31 heavy (non-hydrogen) atoms. The number of rotatable bonds is 5. The highest BCUT2D eigenvalue weighted by Gasteiger charge is 2.48. The van der Waals surface area contributed by atoms with E-state index in [-0.39, 0.29) is 11.3 Å². The molecule has 0 bridgehead atoms. The van der Waals surface area contributed by atoms with Crippen molar-refractivity contribution < 1.29 is 28.6 Å². The van der Waals surface area contributed by atoms with Crippen molar-refractivity contribution in [1.29, 1.82) is 0 Å². The monoisotopic (exact) mass is 419 g/mol. The number of hydrogen-bond acceptors (Lipinski definition) is 6. The Morgan fingerprint density at radius 1 is 0.968 bits per heavy atom. The summed E-state index contributed by atoms with van der Waals surface area (Å²) in [5.41, 5.74) is 0.787. The molecule has 1 saturated heterocycles. The quantitative estimate of drug-likeness (QED) is 0.378. The highest BCUT2D eigenvalue weighted by molar-refractivity contribution is 6.51. The molecule has 2 heterocycles. The molecule has 4 rings (SSSR count). The first-order valence-electron chi connectivity index (χ1n) is 9.60. The lowest BCUT2D eigenvalue weighted by Gasteiger charge is -2.23. The minimum absolute atomic E-state index is 0.0524. The van der Waals surface area contributed by atoms with Gasteiger partial charge in [-0.05, 0) is 55.5 Å². The van der Waals surface area contributed by atoms with Crippen molar-refractivity contribution in [2.45, 2.75) is 13.0 Å². The summed E-state index contributed by atoms with van der Waals surface area (Å²) < 4.78 is 16.2. The SMILES string of the molecule is COc1ccc(N2C(=O)C(=O)/C(=C(\O)c3cccc(OC)c3)C2c2ccc(C)o2)cc1. The molecule has 1 amide bonds. The summed E-state index contributed by atoms with van der Waals surface area (Å²) >= 11 is 0. The number of hydrogen-bond donors (Lipinski definition) is 1. The van der Waals surface area contributed by atoms with Crippen LogP contribution >= 0.6 is 0 Å². The van der Waals surface area contributed by atoms with Gasteiger partial charge < -0.3 is 19.0 Å². The average Bonchev–Trinajstić information content (AvgIpc) is 3.34. The molecule has 158 valence electrons. The average molecular weight is 419 g/mol. The molecule has 2 aromatic carbocycles. The van der Waals surface area contributed by atoms with Crippen LogP contribution in [-0.4, -0.2) is 31.0 Å². The molecule has 3 aromatic rings. The molecule has 0 spiro atoms. The van der Waals surface area contributed by atoms with Crippen LogP contribution in [0, 0.1) is 6.92 Å². The molecule has 0 radical (unpaired) electrons. The lowest BCUT2D eigenvalue weighted by Crippen LogP contribution is -2.29. The zero-order valence-electron chi connectivity index (χ0n) is 17.3. The van der Waals surface area contributed by atoms with Gasteiger partial charge in [-0.15, -0.1) is 0 Å². The van der Waals surface area contributed by atoms with Crippen molar-refractivity contribution in [2.24, 2.45) is 0 Å². The molecule has 1 N–H and O–H groups in total. The summed E-state index contributed by atoms with van der Waals surface area (Å²) in [5, 5.41) is 11.1. The van der Waals surface area contributed by atoms with Gasteiger partial charge in [0.1, 0.15) is 34.8 Å². The normalized spacial score (nSPS) is 17.8. The summed E-state index contributed by atoms with van der Waals surface area (Å²) in [6.45, 7) is 1.77. The Hall–Kier alpha value is -4.00. The maximum absolute atomic E-state index is 13.1. The van der Waals surface area contributed by atoms with E-state index >= 15 is 0 Å². The maximum atomic E-state index is 13.1. The lowest BCUT2D eigenvalue weighted by molar-refractivity contribution is -0.132. The van der Waals surface area contributed by atoms with Crippen molar-refractivity contribution in [3.63, 3.8) is 0 Å². The van der Waals surface area contributed by atoms with Gasteiger partial charge in [0.25, 0.3) is 11.7 Å². The number of aliphatic hydroxyl groups is 1. The van der Waals surface area contributed by atoms with Crippen LogP contribution in [0.25, 0.3) is 5.76 Å². The fourth-order valence-electron chi connectivity index (χ4n) is 3.64. The maximum Gasteiger partial charge on any atom is 0.300 e. The Bertz CT molecular complexity index is 1170. The first-order valence-corrected chi connectivity index (χ1v) is 9.60. The van der Waals surface area contributed by atoms with Crippen LogP contribution < -0.4 is 14.4 Å². The van der Waals surface area contributed by atoms with Gasteiger partial charge in [0.2, 0.25) is 0 Å². The summed E-state index contributed by atoms with van der Waals surface area (Å²) in [5.74, 6) is 0.269. The second kappa shape index (κ2) is 8.02. The summed E-state index contributed by atoms with van der Waals surface area (Å²) in [6.07, 6.45) is 0. The first kappa shape index (κ1) is 20.3. The van der Waals surface area contributed by atoms with E-state index in [1.54, 1.807) is 74.7 Å². The van der Waals surface area contributed by atoms with Crippen LogP contribution in [0.2, 0.25) is 0 Å². The van der Waals surface area contributed by atoms with Gasteiger partial charge in [0, 0.05) is 11.3 Å². The number of ketones is 1. The number of ether oxygens (including phenoxy) is 2. The second-order valence-corrected chi connectivity index (χ2v) is 7.05. The van der Waals surface area contributed by atoms with Gasteiger partial charge in [0.05, 0.1) is 19.8 Å². The van der Waals surface area contributed by atoms with Crippen molar-refractivity contribution >= 4 is 23.1 Å². The van der Waals surface area contributed by atoms with Crippen LogP contribution in [0.3, 0.4) is 0 Å². The molecule has 1 aliphatic heterocycles. The van der Waals surface area contributed by atoms with Crippen molar-refractivity contribution in [3.05, 3.63) is 83.3 Å². The van der Waals surface area contributed by atoms with E-state index in [0.717, 1.165) is 0 Å². The smallest absolute Gasteiger partial charge is 0.300 e. The zero-order chi connectivity index (χ0) is 22.1. The minimum Gasteiger partial charge on any atom is -0.507 e. The van der Waals surface area contributed by atoms with E-state index in [1.165, 1.54) is 12.0 Å². The predicted molar refractivity (Wildman–Crippen MR) is 114 cm³/mol. The number of carbonyl (C=O) groups is 2. The largest absolute Gasteiger partial charge is 0.507 e. The molecule has 1 aromatic heterocycles. The third-order valence-electron chi connectivity index (χ3n) is 5.17. The summed E-state index contributed by atoms with van der Waals surface area (Å²) in [7, 11) is 3.05. The van der Waals surface area contributed by atoms with Crippen molar-refractivity contribution in [1.82, 2.24) is 0 Å². The Kier molecular flexibility index (Phi) is 5.25. The highest BCUT2D eigenvalue weighted by atomic mass is 16.5. The topological polar surface area (TPSA) is 89.2 Å². The molecular formula is C24H21NO6. The third kappa shape index (κ3) is 3.54. The molecule has 0 aliphatic carbocycles. The molecular weight excluding hydrogens is 398 g/mol. The first-order chi connectivity index (χ1) is 14.9. The Morgan fingerprint density at radius 3 is 2.29 bits per heavy atom. The number of Topliss-reactive ketones (excluding diaryl/α,β-unsaturated/α-hetero) is 1. The van der Waals surface area contributed by atoms with E-state index in [9.17, 15) is 14.7 Å². The number of nitrogens with zero attached hydrogens (tertiary/aromatic N) is 1. The number of carbonyl (C=O) groups excluding carboxylic acids is 2. The highest BCUT2D eigenvalue weighted by Crippen LogP contribution is 2.43. The van der Waals surface area contributed by atoms with Crippen LogP contribution in [0.15, 0.2) is 70.7 Å². The Balaban J connectivity index is 1.90.